The van der Waals surface area contributed by atoms with Crippen LogP contribution < -0.4 is 0 Å². The molecule has 3 atom stereocenters. The molecule has 64 valence electrons. The molecule has 0 amide bonds. The molecule has 0 saturated carbocycles. The maximum Gasteiger partial charge on any atom is 0.157 e. The largest absolute Gasteiger partial charge is 0.389 e. The van der Waals surface area contributed by atoms with Gasteiger partial charge in [-0.25, -0.2) is 0 Å². The van der Waals surface area contributed by atoms with Crippen LogP contribution in [0.1, 0.15) is 6.42 Å². The first-order chi connectivity index (χ1) is 5.11. The molecule has 3 nitrogen and oxygen atoms in total. The van der Waals surface area contributed by atoms with Crippen molar-refractivity contribution < 1.29 is 15.3 Å². The van der Waals surface area contributed by atoms with Crippen LogP contribution in [0.15, 0.2) is 12.2 Å². The normalized spacial score (nSPS) is 38.1. The quantitative estimate of drug-likeness (QED) is 0.297. The minimum Gasteiger partial charge on any atom is -0.389 e. The van der Waals surface area contributed by atoms with Crippen LogP contribution in [0.3, 0.4) is 0 Å². The van der Waals surface area contributed by atoms with Gasteiger partial charge in [0, 0.05) is 5.92 Å². The van der Waals surface area contributed by atoms with E-state index >= 15 is 0 Å². The third-order valence-electron chi connectivity index (χ3n) is 1.84. The Bertz CT molecular complexity index is 158. The summed E-state index contributed by atoms with van der Waals surface area (Å²) in [6.07, 6.45) is 1.27. The fraction of sp³-hybridized carbons (Fsp3) is 0.714. The highest BCUT2D eigenvalue weighted by atomic mass is 35.5. The number of aliphatic hydroxyl groups is 3. The number of allylic oxidation sites excluding steroid dienone is 1. The Kier molecular flexibility index (Phi) is 2.90. The Hall–Kier alpha value is -0.0900. The topological polar surface area (TPSA) is 60.7 Å². The van der Waals surface area contributed by atoms with E-state index in [0.717, 1.165) is 0 Å². The molecule has 0 spiro atoms. The van der Waals surface area contributed by atoms with Crippen LogP contribution in [0.2, 0.25) is 0 Å². The monoisotopic (exact) mass is 178 g/mol. The summed E-state index contributed by atoms with van der Waals surface area (Å²) in [6.45, 7) is 0. The first kappa shape index (κ1) is 9.00. The Morgan fingerprint density at radius 3 is 2.45 bits per heavy atom. The lowest BCUT2D eigenvalue weighted by Gasteiger charge is -2.27. The second-order valence-electron chi connectivity index (χ2n) is 2.70. The van der Waals surface area contributed by atoms with Crippen molar-refractivity contribution in [2.75, 3.05) is 0 Å². The molecule has 3 unspecified atom stereocenters. The highest BCUT2D eigenvalue weighted by Crippen LogP contribution is 2.24. The maximum absolute atomic E-state index is 9.19. The van der Waals surface area contributed by atoms with Crippen molar-refractivity contribution in [2.45, 2.75) is 24.2 Å². The number of rotatable bonds is 1. The minimum absolute atomic E-state index is 0.204. The summed E-state index contributed by atoms with van der Waals surface area (Å²) >= 11 is 5.70. The van der Waals surface area contributed by atoms with Gasteiger partial charge in [0.1, 0.15) is 0 Å². The summed E-state index contributed by atoms with van der Waals surface area (Å²) in [5, 5.41) is 26.5. The molecule has 1 aliphatic carbocycles. The number of alkyl halides is 1. The van der Waals surface area contributed by atoms with Crippen LogP contribution in [-0.2, 0) is 0 Å². The van der Waals surface area contributed by atoms with Gasteiger partial charge in [0.05, 0.1) is 11.5 Å². The predicted octanol–water partition coefficient (Wildman–Crippen LogP) is -0.159. The molecule has 3 N–H and O–H groups in total. The minimum atomic E-state index is -1.49. The van der Waals surface area contributed by atoms with Gasteiger partial charge in [-0.05, 0) is 6.42 Å². The van der Waals surface area contributed by atoms with Gasteiger partial charge in [-0.3, -0.25) is 0 Å². The van der Waals surface area contributed by atoms with Crippen molar-refractivity contribution >= 4 is 11.6 Å². The van der Waals surface area contributed by atoms with Crippen molar-refractivity contribution in [1.82, 2.24) is 0 Å². The molecule has 0 bridgehead atoms. The molecule has 0 radical (unpaired) electrons. The van der Waals surface area contributed by atoms with Gasteiger partial charge in [-0.15, -0.1) is 11.6 Å². The van der Waals surface area contributed by atoms with Gasteiger partial charge in [0.25, 0.3) is 0 Å². The Balaban J connectivity index is 2.60. The zero-order chi connectivity index (χ0) is 8.43. The van der Waals surface area contributed by atoms with Crippen molar-refractivity contribution in [2.24, 2.45) is 5.92 Å². The van der Waals surface area contributed by atoms with Gasteiger partial charge in [-0.2, -0.15) is 0 Å². The van der Waals surface area contributed by atoms with Gasteiger partial charge in [0.15, 0.2) is 6.29 Å². The smallest absolute Gasteiger partial charge is 0.157 e. The molecule has 0 saturated heterocycles. The molecular formula is C7H11ClO3. The van der Waals surface area contributed by atoms with E-state index in [1.807, 2.05) is 0 Å². The summed E-state index contributed by atoms with van der Waals surface area (Å²) in [6, 6.07) is 0. The zero-order valence-corrected chi connectivity index (χ0v) is 6.65. The number of hydrogen-bond acceptors (Lipinski definition) is 3. The molecule has 0 heterocycles. The molecule has 1 rings (SSSR count). The van der Waals surface area contributed by atoms with E-state index in [1.54, 1.807) is 6.08 Å². The van der Waals surface area contributed by atoms with Gasteiger partial charge < -0.3 is 15.3 Å². The van der Waals surface area contributed by atoms with Crippen molar-refractivity contribution in [3.63, 3.8) is 0 Å². The number of halogens is 1. The van der Waals surface area contributed by atoms with Crippen LogP contribution in [0.25, 0.3) is 0 Å². The van der Waals surface area contributed by atoms with E-state index in [-0.39, 0.29) is 5.38 Å². The van der Waals surface area contributed by atoms with Crippen molar-refractivity contribution in [3.8, 4) is 0 Å². The molecule has 0 aliphatic heterocycles. The van der Waals surface area contributed by atoms with Crippen molar-refractivity contribution in [1.29, 1.82) is 0 Å². The van der Waals surface area contributed by atoms with E-state index in [0.29, 0.717) is 6.42 Å². The Morgan fingerprint density at radius 2 is 2.00 bits per heavy atom. The lowest BCUT2D eigenvalue weighted by atomic mass is 9.91. The number of hydrogen-bond donors (Lipinski definition) is 3. The van der Waals surface area contributed by atoms with Crippen molar-refractivity contribution in [3.05, 3.63) is 12.2 Å². The second kappa shape index (κ2) is 3.54. The van der Waals surface area contributed by atoms with E-state index < -0.39 is 18.3 Å². The molecule has 0 aromatic carbocycles. The molecule has 11 heavy (non-hydrogen) atoms. The molecule has 0 aromatic heterocycles. The van der Waals surface area contributed by atoms with Crippen LogP contribution in [-0.4, -0.2) is 33.1 Å². The third-order valence-corrected chi connectivity index (χ3v) is 2.16. The predicted molar refractivity (Wildman–Crippen MR) is 41.1 cm³/mol. The van der Waals surface area contributed by atoms with Gasteiger partial charge >= 0.3 is 0 Å². The summed E-state index contributed by atoms with van der Waals surface area (Å²) in [5.74, 6) is -0.553. The average Bonchev–Trinajstić information content (AvgIpc) is 1.94. The highest BCUT2D eigenvalue weighted by Gasteiger charge is 2.28. The van der Waals surface area contributed by atoms with E-state index in [2.05, 4.69) is 0 Å². The van der Waals surface area contributed by atoms with E-state index in [9.17, 15) is 5.11 Å². The zero-order valence-electron chi connectivity index (χ0n) is 5.89. The molecular weight excluding hydrogens is 168 g/mol. The first-order valence-corrected chi connectivity index (χ1v) is 3.91. The van der Waals surface area contributed by atoms with Crippen LogP contribution in [0, 0.1) is 5.92 Å². The Labute approximate surface area is 69.9 Å². The fourth-order valence-corrected chi connectivity index (χ4v) is 1.44. The summed E-state index contributed by atoms with van der Waals surface area (Å²) < 4.78 is 0. The summed E-state index contributed by atoms with van der Waals surface area (Å²) in [7, 11) is 0. The van der Waals surface area contributed by atoms with Gasteiger partial charge in [-0.1, -0.05) is 12.2 Å². The summed E-state index contributed by atoms with van der Waals surface area (Å²) in [4.78, 5) is 0. The lowest BCUT2D eigenvalue weighted by Crippen LogP contribution is -2.34. The van der Waals surface area contributed by atoms with Crippen LogP contribution in [0.4, 0.5) is 0 Å². The Morgan fingerprint density at radius 1 is 1.36 bits per heavy atom. The molecule has 0 aromatic rings. The van der Waals surface area contributed by atoms with E-state index in [1.165, 1.54) is 6.08 Å². The van der Waals surface area contributed by atoms with Crippen LogP contribution in [0.5, 0.6) is 0 Å². The standard InChI is InChI=1S/C7H11ClO3/c8-4-1-2-6(9)5(3-4)7(10)11/h1-2,4-7,9-11H,3H2. The summed E-state index contributed by atoms with van der Waals surface area (Å²) in [5.41, 5.74) is 0. The average molecular weight is 179 g/mol. The maximum atomic E-state index is 9.19. The molecule has 1 aliphatic rings. The number of aliphatic hydroxyl groups excluding tert-OH is 2. The third kappa shape index (κ3) is 2.17. The lowest BCUT2D eigenvalue weighted by molar-refractivity contribution is -0.112. The molecule has 0 fully saturated rings. The van der Waals surface area contributed by atoms with E-state index in [4.69, 9.17) is 21.8 Å². The SMILES string of the molecule is OC(O)C1CC(Cl)C=CC1O. The van der Waals surface area contributed by atoms with Crippen LogP contribution >= 0.6 is 11.6 Å². The first-order valence-electron chi connectivity index (χ1n) is 3.48. The fourth-order valence-electron chi connectivity index (χ4n) is 1.15. The van der Waals surface area contributed by atoms with Gasteiger partial charge in [0.2, 0.25) is 0 Å². The second-order valence-corrected chi connectivity index (χ2v) is 3.27. The molecule has 4 heteroatoms. The highest BCUT2D eigenvalue weighted by molar-refractivity contribution is 6.21.